The number of methoxy groups -OCH3 is 1. The van der Waals surface area contributed by atoms with Crippen LogP contribution in [-0.4, -0.2) is 52.5 Å². The predicted molar refractivity (Wildman–Crippen MR) is 158 cm³/mol. The number of anilines is 2. The van der Waals surface area contributed by atoms with Gasteiger partial charge in [-0.1, -0.05) is 43.1 Å². The fourth-order valence-corrected chi connectivity index (χ4v) is 4.28. The summed E-state index contributed by atoms with van der Waals surface area (Å²) in [6.45, 7) is 3.58. The van der Waals surface area contributed by atoms with Gasteiger partial charge >= 0.3 is 5.97 Å². The van der Waals surface area contributed by atoms with E-state index < -0.39 is 35.0 Å². The Hall–Kier alpha value is -4.16. The molecule has 0 bridgehead atoms. The number of benzene rings is 1. The van der Waals surface area contributed by atoms with Gasteiger partial charge in [0.1, 0.15) is 22.2 Å². The van der Waals surface area contributed by atoms with Crippen molar-refractivity contribution in [3.8, 4) is 5.88 Å². The molecule has 1 aromatic carbocycles. The molecule has 0 saturated heterocycles. The molecule has 218 valence electrons. The fourth-order valence-electron chi connectivity index (χ4n) is 3.91. The van der Waals surface area contributed by atoms with Crippen LogP contribution in [0.15, 0.2) is 57.7 Å². The van der Waals surface area contributed by atoms with E-state index in [1.807, 2.05) is 0 Å². The second kappa shape index (κ2) is 13.0. The van der Waals surface area contributed by atoms with Crippen LogP contribution in [0.2, 0.25) is 10.0 Å². The molecule has 11 nitrogen and oxygen atoms in total. The predicted octanol–water partition coefficient (Wildman–Crippen LogP) is 4.58. The SMILES string of the molecule is COc1nc(N(C)C)ncc1N=C(C(=C(N)C(=O)O)C(Nc1cc(Cl)c(=O)n(C)c1)c1ccc(Cl)c(F)c1)C(C)C. The van der Waals surface area contributed by atoms with Crippen LogP contribution in [0, 0.1) is 11.7 Å². The number of aliphatic carboxylic acids is 1. The van der Waals surface area contributed by atoms with Crippen molar-refractivity contribution in [3.63, 3.8) is 0 Å². The Morgan fingerprint density at radius 2 is 1.93 bits per heavy atom. The Morgan fingerprint density at radius 3 is 2.46 bits per heavy atom. The molecular weight excluding hydrogens is 576 g/mol. The molecule has 1 atom stereocenters. The summed E-state index contributed by atoms with van der Waals surface area (Å²) in [6.07, 6.45) is 2.90. The second-order valence-electron chi connectivity index (χ2n) is 9.49. The topological polar surface area (TPSA) is 148 Å². The Bertz CT molecular complexity index is 1560. The highest BCUT2D eigenvalue weighted by molar-refractivity contribution is 6.31. The van der Waals surface area contributed by atoms with E-state index in [0.29, 0.717) is 11.6 Å². The minimum atomic E-state index is -1.43. The zero-order chi connectivity index (χ0) is 30.6. The molecule has 2 aromatic heterocycles. The lowest BCUT2D eigenvalue weighted by atomic mass is 9.87. The molecule has 0 aliphatic rings. The summed E-state index contributed by atoms with van der Waals surface area (Å²) in [7, 11) is 6.45. The van der Waals surface area contributed by atoms with Crippen molar-refractivity contribution in [2.24, 2.45) is 23.7 Å². The van der Waals surface area contributed by atoms with E-state index in [2.05, 4.69) is 15.3 Å². The second-order valence-corrected chi connectivity index (χ2v) is 10.3. The third kappa shape index (κ3) is 7.14. The fraction of sp³-hybridized carbons (Fsp3) is 0.296. The zero-order valence-corrected chi connectivity index (χ0v) is 24.7. The van der Waals surface area contributed by atoms with Gasteiger partial charge < -0.3 is 30.4 Å². The van der Waals surface area contributed by atoms with Gasteiger partial charge in [-0.15, -0.1) is 0 Å². The molecule has 4 N–H and O–H groups in total. The number of aromatic nitrogens is 3. The molecule has 0 saturated carbocycles. The van der Waals surface area contributed by atoms with Crippen molar-refractivity contribution in [3.05, 3.63) is 79.7 Å². The third-order valence-corrected chi connectivity index (χ3v) is 6.49. The number of carboxylic acid groups (broad SMARTS) is 1. The number of nitrogens with zero attached hydrogens (tertiary/aromatic N) is 5. The first kappa shape index (κ1) is 31.4. The van der Waals surface area contributed by atoms with E-state index in [9.17, 15) is 19.1 Å². The Labute approximate surface area is 246 Å². The van der Waals surface area contributed by atoms with Crippen LogP contribution in [0.3, 0.4) is 0 Å². The lowest BCUT2D eigenvalue weighted by Gasteiger charge is -2.28. The number of pyridine rings is 1. The minimum Gasteiger partial charge on any atom is -0.479 e. The van der Waals surface area contributed by atoms with Gasteiger partial charge in [0.25, 0.3) is 5.56 Å². The number of ether oxygens (including phenoxy) is 1. The Balaban J connectivity index is 2.36. The molecular formula is C27H30Cl2FN7O4. The van der Waals surface area contributed by atoms with Crippen molar-refractivity contribution < 1.29 is 19.0 Å². The Kier molecular flexibility index (Phi) is 9.95. The summed E-state index contributed by atoms with van der Waals surface area (Å²) in [5, 5.41) is 13.0. The van der Waals surface area contributed by atoms with Crippen LogP contribution < -0.4 is 26.2 Å². The van der Waals surface area contributed by atoms with E-state index >= 15 is 0 Å². The van der Waals surface area contributed by atoms with Crippen molar-refractivity contribution in [1.82, 2.24) is 14.5 Å². The number of aryl methyl sites for hydroxylation is 1. The zero-order valence-electron chi connectivity index (χ0n) is 23.2. The van der Waals surface area contributed by atoms with Gasteiger partial charge in [0.2, 0.25) is 11.8 Å². The third-order valence-electron chi connectivity index (χ3n) is 5.92. The summed E-state index contributed by atoms with van der Waals surface area (Å²) in [4.78, 5) is 39.6. The van der Waals surface area contributed by atoms with Crippen molar-refractivity contribution in [2.75, 3.05) is 31.4 Å². The van der Waals surface area contributed by atoms with E-state index in [1.54, 1.807) is 32.8 Å². The van der Waals surface area contributed by atoms with Crippen LogP contribution in [0.1, 0.15) is 25.5 Å². The average Bonchev–Trinajstić information content (AvgIpc) is 2.91. The van der Waals surface area contributed by atoms with Gasteiger partial charge in [-0.25, -0.2) is 19.2 Å². The molecule has 3 aromatic rings. The molecule has 0 radical (unpaired) electrons. The van der Waals surface area contributed by atoms with Gasteiger partial charge in [-0.05, 0) is 29.7 Å². The van der Waals surface area contributed by atoms with Gasteiger partial charge in [0.15, 0.2) is 0 Å². The van der Waals surface area contributed by atoms with Gasteiger partial charge in [0.05, 0.1) is 35.8 Å². The van der Waals surface area contributed by atoms with Crippen molar-refractivity contribution >= 4 is 52.2 Å². The summed E-state index contributed by atoms with van der Waals surface area (Å²) in [5.41, 5.74) is 6.30. The number of aliphatic imine (C=N–C) groups is 1. The number of carboxylic acids is 1. The number of rotatable bonds is 10. The van der Waals surface area contributed by atoms with E-state index in [-0.39, 0.29) is 38.5 Å². The maximum absolute atomic E-state index is 14.7. The number of nitrogens with one attached hydrogen (secondary N) is 1. The molecule has 14 heteroatoms. The quantitative estimate of drug-likeness (QED) is 0.223. The van der Waals surface area contributed by atoms with Gasteiger partial charge in [0, 0.05) is 32.9 Å². The first-order valence-corrected chi connectivity index (χ1v) is 13.0. The molecule has 0 fully saturated rings. The highest BCUT2D eigenvalue weighted by Gasteiger charge is 2.30. The lowest BCUT2D eigenvalue weighted by Crippen LogP contribution is -2.29. The molecule has 0 spiro atoms. The maximum Gasteiger partial charge on any atom is 0.352 e. The van der Waals surface area contributed by atoms with Crippen LogP contribution in [0.25, 0.3) is 0 Å². The van der Waals surface area contributed by atoms with E-state index in [0.717, 1.165) is 6.07 Å². The van der Waals surface area contributed by atoms with Crippen LogP contribution in [0.4, 0.5) is 21.7 Å². The molecule has 2 heterocycles. The molecule has 0 aliphatic carbocycles. The summed E-state index contributed by atoms with van der Waals surface area (Å²) in [5.74, 6) is -2.07. The molecule has 3 rings (SSSR count). The first-order chi connectivity index (χ1) is 19.2. The van der Waals surface area contributed by atoms with Crippen molar-refractivity contribution in [1.29, 1.82) is 0 Å². The number of halogens is 3. The van der Waals surface area contributed by atoms with Crippen LogP contribution in [-0.2, 0) is 11.8 Å². The summed E-state index contributed by atoms with van der Waals surface area (Å²) >= 11 is 12.1. The molecule has 0 amide bonds. The molecule has 1 unspecified atom stereocenters. The van der Waals surface area contributed by atoms with Crippen LogP contribution >= 0.6 is 23.2 Å². The van der Waals surface area contributed by atoms with E-state index in [1.165, 1.54) is 49.3 Å². The smallest absolute Gasteiger partial charge is 0.352 e. The Morgan fingerprint density at radius 1 is 1.24 bits per heavy atom. The standard InChI is InChI=1S/C27H30Cl2FN7O4/c1-13(2)22(34-19-11-32-27(36(3)4)35-24(19)41-6)20(21(31)26(39)40)23(14-7-8-16(28)18(30)9-14)33-15-10-17(29)25(38)37(5)12-15/h7-13,23,33H,31H2,1-6H3,(H,39,40). The normalized spacial score (nSPS) is 13.1. The monoisotopic (exact) mass is 605 g/mol. The number of hydrogen-bond acceptors (Lipinski definition) is 9. The number of carbonyl (C=O) groups is 1. The summed E-state index contributed by atoms with van der Waals surface area (Å²) < 4.78 is 21.4. The minimum absolute atomic E-state index is 0.0259. The summed E-state index contributed by atoms with van der Waals surface area (Å²) in [6, 6.07) is 4.30. The average molecular weight is 606 g/mol. The van der Waals surface area contributed by atoms with Crippen LogP contribution in [0.5, 0.6) is 5.88 Å². The first-order valence-electron chi connectivity index (χ1n) is 12.2. The molecule has 0 aliphatic heterocycles. The number of hydrogen-bond donors (Lipinski definition) is 3. The van der Waals surface area contributed by atoms with E-state index in [4.69, 9.17) is 38.7 Å². The maximum atomic E-state index is 14.7. The number of nitrogens with two attached hydrogens (primary N) is 1. The highest BCUT2D eigenvalue weighted by atomic mass is 35.5. The highest BCUT2D eigenvalue weighted by Crippen LogP contribution is 2.35. The lowest BCUT2D eigenvalue weighted by molar-refractivity contribution is -0.132. The van der Waals surface area contributed by atoms with Crippen molar-refractivity contribution in [2.45, 2.75) is 19.9 Å². The van der Waals surface area contributed by atoms with Gasteiger partial charge in [-0.3, -0.25) is 4.79 Å². The largest absolute Gasteiger partial charge is 0.479 e. The molecule has 41 heavy (non-hydrogen) atoms. The van der Waals surface area contributed by atoms with Gasteiger partial charge in [-0.2, -0.15) is 4.98 Å².